The number of thioether (sulfide) groups is 1. The Kier molecular flexibility index (Phi) is 5.86. The molecule has 2 rings (SSSR count). The van der Waals surface area contributed by atoms with E-state index in [2.05, 4.69) is 20.5 Å². The number of amides is 2. The highest BCUT2D eigenvalue weighted by Gasteiger charge is 2.28. The van der Waals surface area contributed by atoms with Gasteiger partial charge in [-0.1, -0.05) is 11.8 Å². The summed E-state index contributed by atoms with van der Waals surface area (Å²) < 4.78 is 5.38. The monoisotopic (exact) mass is 341 g/mol. The van der Waals surface area contributed by atoms with E-state index in [4.69, 9.17) is 4.74 Å². The number of H-pyrrole nitrogens is 1. The van der Waals surface area contributed by atoms with Crippen LogP contribution in [0.4, 0.5) is 4.79 Å². The summed E-state index contributed by atoms with van der Waals surface area (Å²) in [4.78, 5) is 29.7. The van der Waals surface area contributed by atoms with E-state index in [0.717, 1.165) is 12.8 Å². The molecule has 1 atom stereocenters. The Morgan fingerprint density at radius 1 is 1.52 bits per heavy atom. The Morgan fingerprint density at radius 3 is 2.96 bits per heavy atom. The van der Waals surface area contributed by atoms with Crippen molar-refractivity contribution >= 4 is 23.8 Å². The highest BCUT2D eigenvalue weighted by atomic mass is 32.2. The topological polar surface area (TPSA) is 100 Å². The van der Waals surface area contributed by atoms with Crippen molar-refractivity contribution in [2.24, 2.45) is 0 Å². The van der Waals surface area contributed by atoms with Gasteiger partial charge < -0.3 is 15.0 Å². The van der Waals surface area contributed by atoms with Gasteiger partial charge in [0.05, 0.1) is 5.75 Å². The summed E-state index contributed by atoms with van der Waals surface area (Å²) in [6.07, 6.45) is 2.78. The van der Waals surface area contributed by atoms with Gasteiger partial charge in [0, 0.05) is 19.1 Å². The van der Waals surface area contributed by atoms with E-state index in [0.29, 0.717) is 18.2 Å². The molecule has 0 unspecified atom stereocenters. The highest BCUT2D eigenvalue weighted by Crippen LogP contribution is 2.16. The average molecular weight is 341 g/mol. The normalized spacial score (nSPS) is 18.6. The van der Waals surface area contributed by atoms with Crippen molar-refractivity contribution in [1.29, 1.82) is 0 Å². The van der Waals surface area contributed by atoms with Crippen LogP contribution in [-0.2, 0) is 9.53 Å². The molecule has 1 aliphatic heterocycles. The third kappa shape index (κ3) is 6.09. The lowest BCUT2D eigenvalue weighted by atomic mass is 10.1. The molecule has 1 aromatic rings. The summed E-state index contributed by atoms with van der Waals surface area (Å²) in [5.74, 6) is 0.181. The minimum absolute atomic E-state index is 0.0425. The van der Waals surface area contributed by atoms with Crippen molar-refractivity contribution in [2.45, 2.75) is 50.4 Å². The van der Waals surface area contributed by atoms with Crippen molar-refractivity contribution in [3.63, 3.8) is 0 Å². The lowest BCUT2D eigenvalue weighted by molar-refractivity contribution is -0.119. The lowest BCUT2D eigenvalue weighted by Crippen LogP contribution is -2.51. The molecule has 0 radical (unpaired) electrons. The molecule has 0 saturated carbocycles. The van der Waals surface area contributed by atoms with Gasteiger partial charge in [-0.2, -0.15) is 5.10 Å². The quantitative estimate of drug-likeness (QED) is 0.803. The predicted octanol–water partition coefficient (Wildman–Crippen LogP) is 1.41. The Bertz CT molecular complexity index is 529. The standard InChI is InChI=1S/C14H23N5O3S/c1-14(2,3)22-13(21)19-6-4-5-10(7-19)17-11(20)8-23-12-15-9-16-18-12/h9-10H,4-8H2,1-3H3,(H,17,20)(H,15,16,18)/t10-/m1/s1. The van der Waals surface area contributed by atoms with Crippen molar-refractivity contribution in [3.05, 3.63) is 6.33 Å². The van der Waals surface area contributed by atoms with Crippen LogP contribution in [0.3, 0.4) is 0 Å². The molecule has 0 aliphatic carbocycles. The number of rotatable bonds is 4. The number of nitrogens with one attached hydrogen (secondary N) is 2. The third-order valence-electron chi connectivity index (χ3n) is 3.17. The summed E-state index contributed by atoms with van der Waals surface area (Å²) in [7, 11) is 0. The smallest absolute Gasteiger partial charge is 0.410 e. The number of ether oxygens (including phenoxy) is 1. The third-order valence-corrected chi connectivity index (χ3v) is 4.05. The van der Waals surface area contributed by atoms with E-state index < -0.39 is 5.60 Å². The Hall–Kier alpha value is -1.77. The molecule has 1 saturated heterocycles. The second-order valence-electron chi connectivity index (χ2n) is 6.41. The minimum Gasteiger partial charge on any atom is -0.444 e. The van der Waals surface area contributed by atoms with Gasteiger partial charge in [-0.15, -0.1) is 0 Å². The van der Waals surface area contributed by atoms with Crippen LogP contribution in [0, 0.1) is 0 Å². The van der Waals surface area contributed by atoms with E-state index in [1.54, 1.807) is 4.90 Å². The van der Waals surface area contributed by atoms with Gasteiger partial charge >= 0.3 is 6.09 Å². The summed E-state index contributed by atoms with van der Waals surface area (Å²) in [5.41, 5.74) is -0.513. The van der Waals surface area contributed by atoms with E-state index in [1.807, 2.05) is 20.8 Å². The first-order chi connectivity index (χ1) is 10.8. The number of hydrogen-bond acceptors (Lipinski definition) is 6. The van der Waals surface area contributed by atoms with Crippen LogP contribution >= 0.6 is 11.8 Å². The zero-order chi connectivity index (χ0) is 16.9. The van der Waals surface area contributed by atoms with E-state index in [9.17, 15) is 9.59 Å². The maximum absolute atomic E-state index is 12.1. The molecule has 1 aliphatic rings. The predicted molar refractivity (Wildman–Crippen MR) is 86.1 cm³/mol. The van der Waals surface area contributed by atoms with Crippen LogP contribution in [0.2, 0.25) is 0 Å². The zero-order valence-corrected chi connectivity index (χ0v) is 14.5. The number of piperidine rings is 1. The van der Waals surface area contributed by atoms with E-state index >= 15 is 0 Å². The number of carbonyl (C=O) groups excluding carboxylic acids is 2. The average Bonchev–Trinajstić information content (AvgIpc) is 2.97. The van der Waals surface area contributed by atoms with Crippen LogP contribution in [0.15, 0.2) is 11.5 Å². The Morgan fingerprint density at radius 2 is 2.30 bits per heavy atom. The van der Waals surface area contributed by atoms with Gasteiger partial charge in [0.2, 0.25) is 5.91 Å². The first-order valence-electron chi connectivity index (χ1n) is 7.59. The molecule has 2 heterocycles. The first-order valence-corrected chi connectivity index (χ1v) is 8.57. The fraction of sp³-hybridized carbons (Fsp3) is 0.714. The Labute approximate surface area is 139 Å². The summed E-state index contributed by atoms with van der Waals surface area (Å²) in [5, 5.41) is 9.99. The fourth-order valence-corrected chi connectivity index (χ4v) is 2.84. The Balaban J connectivity index is 1.77. The summed E-state index contributed by atoms with van der Waals surface area (Å²) in [6.45, 7) is 6.67. The number of aromatic nitrogens is 3. The molecule has 1 fully saturated rings. The molecule has 0 bridgehead atoms. The summed E-state index contributed by atoms with van der Waals surface area (Å²) >= 11 is 1.29. The molecule has 128 valence electrons. The maximum atomic E-state index is 12.1. The second-order valence-corrected chi connectivity index (χ2v) is 7.38. The SMILES string of the molecule is CC(C)(C)OC(=O)N1CCC[C@@H](NC(=O)CSc2ncn[nH]2)C1. The van der Waals surface area contributed by atoms with Crippen molar-refractivity contribution in [1.82, 2.24) is 25.4 Å². The number of nitrogens with zero attached hydrogens (tertiary/aromatic N) is 3. The maximum Gasteiger partial charge on any atom is 0.410 e. The number of carbonyl (C=O) groups is 2. The van der Waals surface area contributed by atoms with Crippen LogP contribution in [-0.4, -0.2) is 62.6 Å². The molecule has 9 heteroatoms. The van der Waals surface area contributed by atoms with Crippen LogP contribution in [0.5, 0.6) is 0 Å². The van der Waals surface area contributed by atoms with Gasteiger partial charge in [0.15, 0.2) is 5.16 Å². The molecular weight excluding hydrogens is 318 g/mol. The largest absolute Gasteiger partial charge is 0.444 e. The minimum atomic E-state index is -0.513. The number of hydrogen-bond donors (Lipinski definition) is 2. The molecule has 2 amide bonds. The number of likely N-dealkylation sites (tertiary alicyclic amines) is 1. The van der Waals surface area contributed by atoms with Gasteiger partial charge in [-0.25, -0.2) is 9.78 Å². The molecular formula is C14H23N5O3S. The molecule has 0 aromatic carbocycles. The van der Waals surface area contributed by atoms with E-state index in [-0.39, 0.29) is 23.8 Å². The molecule has 1 aromatic heterocycles. The highest BCUT2D eigenvalue weighted by molar-refractivity contribution is 7.99. The molecule has 0 spiro atoms. The molecule has 8 nitrogen and oxygen atoms in total. The van der Waals surface area contributed by atoms with Crippen molar-refractivity contribution in [3.8, 4) is 0 Å². The summed E-state index contributed by atoms with van der Waals surface area (Å²) in [6, 6.07) is -0.0425. The van der Waals surface area contributed by atoms with Gasteiger partial charge in [-0.05, 0) is 33.6 Å². The first kappa shape index (κ1) is 17.6. The van der Waals surface area contributed by atoms with Crippen LogP contribution in [0.1, 0.15) is 33.6 Å². The van der Waals surface area contributed by atoms with Crippen molar-refractivity contribution < 1.29 is 14.3 Å². The zero-order valence-electron chi connectivity index (χ0n) is 13.7. The van der Waals surface area contributed by atoms with Crippen LogP contribution in [0.25, 0.3) is 0 Å². The second kappa shape index (κ2) is 7.67. The fourth-order valence-electron chi connectivity index (χ4n) is 2.25. The lowest BCUT2D eigenvalue weighted by Gasteiger charge is -2.34. The molecule has 23 heavy (non-hydrogen) atoms. The number of aromatic amines is 1. The van der Waals surface area contributed by atoms with E-state index in [1.165, 1.54) is 18.1 Å². The van der Waals surface area contributed by atoms with Gasteiger partial charge in [0.25, 0.3) is 0 Å². The van der Waals surface area contributed by atoms with Gasteiger partial charge in [-0.3, -0.25) is 9.89 Å². The van der Waals surface area contributed by atoms with Gasteiger partial charge in [0.1, 0.15) is 11.9 Å². The van der Waals surface area contributed by atoms with Crippen molar-refractivity contribution in [2.75, 3.05) is 18.8 Å². The van der Waals surface area contributed by atoms with Crippen LogP contribution < -0.4 is 5.32 Å². The molecule has 2 N–H and O–H groups in total.